The molecule has 0 saturated carbocycles. The minimum absolute atomic E-state index is 0.0210. The molecule has 3 rings (SSSR count). The maximum atomic E-state index is 12.0. The van der Waals surface area contributed by atoms with Crippen LogP contribution in [0.15, 0.2) is 62.5 Å². The molecule has 0 fully saturated rings. The molecule has 1 aromatic heterocycles. The molecule has 3 aromatic rings. The zero-order valence-corrected chi connectivity index (χ0v) is 17.8. The topological polar surface area (TPSA) is 107 Å². The fourth-order valence-corrected chi connectivity index (χ4v) is 3.05. The van der Waals surface area contributed by atoms with Gasteiger partial charge >= 0.3 is 0 Å². The third-order valence-corrected chi connectivity index (χ3v) is 4.67. The van der Waals surface area contributed by atoms with Gasteiger partial charge in [-0.2, -0.15) is 5.10 Å². The molecule has 0 spiro atoms. The van der Waals surface area contributed by atoms with E-state index in [1.807, 2.05) is 30.3 Å². The number of benzene rings is 2. The Balaban J connectivity index is 1.55. The Kier molecular flexibility index (Phi) is 6.63. The van der Waals surface area contributed by atoms with Crippen molar-refractivity contribution in [2.24, 2.45) is 5.10 Å². The second-order valence-corrected chi connectivity index (χ2v) is 7.37. The van der Waals surface area contributed by atoms with E-state index in [2.05, 4.69) is 26.5 Å². The number of carbonyl (C=O) groups excluding carboxylic acids is 1. The van der Waals surface area contributed by atoms with Crippen LogP contribution < -0.4 is 10.2 Å². The van der Waals surface area contributed by atoms with Crippen LogP contribution in [-0.2, 0) is 4.79 Å². The predicted molar refractivity (Wildman–Crippen MR) is 116 cm³/mol. The summed E-state index contributed by atoms with van der Waals surface area (Å²) in [6.07, 6.45) is 1.39. The fourth-order valence-electron chi connectivity index (χ4n) is 2.79. The van der Waals surface area contributed by atoms with Crippen molar-refractivity contribution in [2.45, 2.75) is 13.8 Å². The quantitative estimate of drug-likeness (QED) is 0.303. The highest BCUT2D eigenvalue weighted by Gasteiger charge is 2.14. The fraction of sp³-hybridized carbons (Fsp3) is 0.143. The lowest BCUT2D eigenvalue weighted by Crippen LogP contribution is -2.25. The minimum atomic E-state index is -0.470. The van der Waals surface area contributed by atoms with E-state index in [4.69, 9.17) is 9.15 Å². The number of non-ortho nitro benzene ring substituents is 1. The van der Waals surface area contributed by atoms with Gasteiger partial charge in [-0.05, 0) is 49.2 Å². The normalized spacial score (nSPS) is 10.9. The van der Waals surface area contributed by atoms with Crippen LogP contribution in [0.3, 0.4) is 0 Å². The van der Waals surface area contributed by atoms with Crippen molar-refractivity contribution in [3.8, 4) is 17.1 Å². The van der Waals surface area contributed by atoms with E-state index in [0.29, 0.717) is 28.4 Å². The molecule has 0 atom stereocenters. The van der Waals surface area contributed by atoms with Gasteiger partial charge in [-0.1, -0.05) is 28.1 Å². The first-order valence-electron chi connectivity index (χ1n) is 8.89. The standard InChI is InChI=1S/C21H18BrN3O5/c1-13-9-17(25(27)28)10-14(2)21(13)29-12-20(26)24-23-11-18-7-8-19(30-18)15-3-5-16(22)6-4-15/h3-11H,12H2,1-2H3,(H,24,26)/b23-11-. The van der Waals surface area contributed by atoms with Crippen LogP contribution in [0.1, 0.15) is 16.9 Å². The Labute approximate surface area is 180 Å². The number of halogens is 1. The van der Waals surface area contributed by atoms with E-state index in [9.17, 15) is 14.9 Å². The highest BCUT2D eigenvalue weighted by molar-refractivity contribution is 9.10. The van der Waals surface area contributed by atoms with Crippen molar-refractivity contribution in [1.82, 2.24) is 5.43 Å². The molecule has 2 aromatic carbocycles. The van der Waals surface area contributed by atoms with E-state index in [0.717, 1.165) is 10.0 Å². The van der Waals surface area contributed by atoms with Crippen LogP contribution >= 0.6 is 15.9 Å². The van der Waals surface area contributed by atoms with Gasteiger partial charge in [-0.3, -0.25) is 14.9 Å². The van der Waals surface area contributed by atoms with Gasteiger partial charge in [-0.15, -0.1) is 0 Å². The maximum absolute atomic E-state index is 12.0. The molecule has 1 heterocycles. The number of hydrogen-bond donors (Lipinski definition) is 1. The molecule has 8 nitrogen and oxygen atoms in total. The number of amides is 1. The third kappa shape index (κ3) is 5.32. The third-order valence-electron chi connectivity index (χ3n) is 4.14. The lowest BCUT2D eigenvalue weighted by molar-refractivity contribution is -0.385. The Bertz CT molecular complexity index is 1080. The number of aryl methyl sites for hydroxylation is 2. The highest BCUT2D eigenvalue weighted by atomic mass is 79.9. The molecule has 1 amide bonds. The first-order chi connectivity index (χ1) is 14.3. The second kappa shape index (κ2) is 9.36. The van der Waals surface area contributed by atoms with Gasteiger partial charge in [0.1, 0.15) is 17.3 Å². The molecule has 9 heteroatoms. The average Bonchev–Trinajstić information content (AvgIpc) is 3.16. The van der Waals surface area contributed by atoms with Crippen molar-refractivity contribution >= 4 is 33.7 Å². The van der Waals surface area contributed by atoms with Crippen molar-refractivity contribution in [3.05, 3.63) is 80.0 Å². The van der Waals surface area contributed by atoms with Crippen molar-refractivity contribution in [2.75, 3.05) is 6.61 Å². The monoisotopic (exact) mass is 471 g/mol. The molecule has 0 saturated heterocycles. The summed E-state index contributed by atoms with van der Waals surface area (Å²) in [4.78, 5) is 22.4. The van der Waals surface area contributed by atoms with Crippen LogP contribution in [-0.4, -0.2) is 23.7 Å². The first-order valence-corrected chi connectivity index (χ1v) is 9.69. The van der Waals surface area contributed by atoms with Gasteiger partial charge in [0.15, 0.2) is 6.61 Å². The number of hydrogen-bond acceptors (Lipinski definition) is 6. The highest BCUT2D eigenvalue weighted by Crippen LogP contribution is 2.28. The van der Waals surface area contributed by atoms with E-state index in [1.54, 1.807) is 19.9 Å². The second-order valence-electron chi connectivity index (χ2n) is 6.46. The predicted octanol–water partition coefficient (Wildman–Crippen LogP) is 4.76. The van der Waals surface area contributed by atoms with Crippen LogP contribution in [0.2, 0.25) is 0 Å². The molecule has 154 valence electrons. The molecule has 1 N–H and O–H groups in total. The summed E-state index contributed by atoms with van der Waals surface area (Å²) in [5.74, 6) is 1.13. The number of nitro benzene ring substituents is 1. The van der Waals surface area contributed by atoms with Crippen LogP contribution in [0.4, 0.5) is 5.69 Å². The Morgan fingerprint density at radius 3 is 2.50 bits per heavy atom. The van der Waals surface area contributed by atoms with Crippen LogP contribution in [0.5, 0.6) is 5.75 Å². The summed E-state index contributed by atoms with van der Waals surface area (Å²) in [5.41, 5.74) is 4.41. The first kappa shape index (κ1) is 21.3. The number of ether oxygens (including phenoxy) is 1. The van der Waals surface area contributed by atoms with E-state index < -0.39 is 10.8 Å². The van der Waals surface area contributed by atoms with Gasteiger partial charge < -0.3 is 9.15 Å². The van der Waals surface area contributed by atoms with Gasteiger partial charge in [0, 0.05) is 22.2 Å². The lowest BCUT2D eigenvalue weighted by atomic mass is 10.1. The van der Waals surface area contributed by atoms with Gasteiger partial charge in [0.25, 0.3) is 11.6 Å². The largest absolute Gasteiger partial charge is 0.483 e. The van der Waals surface area contributed by atoms with Crippen molar-refractivity contribution in [1.29, 1.82) is 0 Å². The average molecular weight is 472 g/mol. The number of carbonyl (C=O) groups is 1. The summed E-state index contributed by atoms with van der Waals surface area (Å²) in [7, 11) is 0. The van der Waals surface area contributed by atoms with Crippen molar-refractivity contribution < 1.29 is 18.9 Å². The van der Waals surface area contributed by atoms with Crippen molar-refractivity contribution in [3.63, 3.8) is 0 Å². The van der Waals surface area contributed by atoms with Gasteiger partial charge in [0.2, 0.25) is 0 Å². The lowest BCUT2D eigenvalue weighted by Gasteiger charge is -2.11. The van der Waals surface area contributed by atoms with E-state index in [-0.39, 0.29) is 12.3 Å². The Hall–Kier alpha value is -3.46. The SMILES string of the molecule is Cc1cc([N+](=O)[O-])cc(C)c1OCC(=O)N/N=C\c1ccc(-c2ccc(Br)cc2)o1. The zero-order chi connectivity index (χ0) is 21.7. The molecule has 0 aliphatic rings. The Morgan fingerprint density at radius 1 is 1.20 bits per heavy atom. The van der Waals surface area contributed by atoms with Gasteiger partial charge in [-0.25, -0.2) is 5.43 Å². The maximum Gasteiger partial charge on any atom is 0.277 e. The number of furan rings is 1. The van der Waals surface area contributed by atoms with E-state index in [1.165, 1.54) is 18.3 Å². The molecular formula is C21H18BrN3O5. The summed E-state index contributed by atoms with van der Waals surface area (Å²) in [5, 5.41) is 14.8. The van der Waals surface area contributed by atoms with E-state index >= 15 is 0 Å². The summed E-state index contributed by atoms with van der Waals surface area (Å²) < 4.78 is 12.2. The van der Waals surface area contributed by atoms with Crippen LogP contribution in [0, 0.1) is 24.0 Å². The van der Waals surface area contributed by atoms with Crippen LogP contribution in [0.25, 0.3) is 11.3 Å². The number of hydrazone groups is 1. The minimum Gasteiger partial charge on any atom is -0.483 e. The summed E-state index contributed by atoms with van der Waals surface area (Å²) in [6.45, 7) is 3.09. The molecule has 0 unspecified atom stereocenters. The Morgan fingerprint density at radius 2 is 1.87 bits per heavy atom. The number of rotatable bonds is 7. The molecule has 0 aliphatic carbocycles. The number of nitro groups is 1. The molecular weight excluding hydrogens is 454 g/mol. The summed E-state index contributed by atoms with van der Waals surface area (Å²) in [6, 6.07) is 14.0. The zero-order valence-electron chi connectivity index (χ0n) is 16.2. The number of nitrogens with one attached hydrogen (secondary N) is 1. The molecule has 0 aliphatic heterocycles. The number of nitrogens with zero attached hydrogens (tertiary/aromatic N) is 2. The smallest absolute Gasteiger partial charge is 0.277 e. The van der Waals surface area contributed by atoms with Gasteiger partial charge in [0.05, 0.1) is 11.1 Å². The molecule has 0 bridgehead atoms. The molecule has 30 heavy (non-hydrogen) atoms. The molecule has 0 radical (unpaired) electrons. The summed E-state index contributed by atoms with van der Waals surface area (Å²) >= 11 is 3.39.